The molecule has 0 aliphatic rings. The van der Waals surface area contributed by atoms with Crippen molar-refractivity contribution in [2.45, 2.75) is 6.36 Å². The van der Waals surface area contributed by atoms with Crippen molar-refractivity contribution in [3.05, 3.63) is 48.2 Å². The van der Waals surface area contributed by atoms with Crippen molar-refractivity contribution >= 4 is 6.29 Å². The number of halogens is 3. The van der Waals surface area contributed by atoms with Crippen molar-refractivity contribution in [1.82, 2.24) is 4.98 Å². The fourth-order valence-electron chi connectivity index (χ4n) is 1.47. The SMILES string of the molecule is O=Cc1ccc(-c2ccc(OC(F)(F)F)cc2)nc1. The Kier molecular flexibility index (Phi) is 3.50. The molecule has 0 aliphatic heterocycles. The molecule has 0 unspecified atom stereocenters. The molecule has 1 aromatic heterocycles. The lowest BCUT2D eigenvalue weighted by molar-refractivity contribution is -0.274. The summed E-state index contributed by atoms with van der Waals surface area (Å²) in [5.41, 5.74) is 1.62. The van der Waals surface area contributed by atoms with Crippen molar-refractivity contribution < 1.29 is 22.7 Å². The molecule has 0 saturated heterocycles. The Morgan fingerprint density at radius 2 is 1.74 bits per heavy atom. The van der Waals surface area contributed by atoms with E-state index in [0.717, 1.165) is 0 Å². The summed E-state index contributed by atoms with van der Waals surface area (Å²) in [6.07, 6.45) is -2.65. The molecule has 3 nitrogen and oxygen atoms in total. The molecule has 1 heterocycles. The highest BCUT2D eigenvalue weighted by molar-refractivity contribution is 5.75. The fraction of sp³-hybridized carbons (Fsp3) is 0.0769. The molecule has 2 rings (SSSR count). The molecule has 19 heavy (non-hydrogen) atoms. The normalized spacial score (nSPS) is 11.1. The Labute approximate surface area is 106 Å². The Morgan fingerprint density at radius 1 is 1.05 bits per heavy atom. The number of hydrogen-bond acceptors (Lipinski definition) is 3. The van der Waals surface area contributed by atoms with Crippen LogP contribution in [0.4, 0.5) is 13.2 Å². The third kappa shape index (κ3) is 3.54. The highest BCUT2D eigenvalue weighted by Gasteiger charge is 2.30. The van der Waals surface area contributed by atoms with E-state index in [2.05, 4.69) is 9.72 Å². The van der Waals surface area contributed by atoms with E-state index < -0.39 is 6.36 Å². The second-order valence-corrected chi connectivity index (χ2v) is 3.67. The molecule has 0 fully saturated rings. The van der Waals surface area contributed by atoms with Gasteiger partial charge in [0.25, 0.3) is 0 Å². The molecule has 2 aromatic rings. The molecule has 0 N–H and O–H groups in total. The number of rotatable bonds is 3. The quantitative estimate of drug-likeness (QED) is 0.799. The van der Waals surface area contributed by atoms with Gasteiger partial charge >= 0.3 is 6.36 Å². The maximum absolute atomic E-state index is 12.0. The predicted molar refractivity (Wildman–Crippen MR) is 61.7 cm³/mol. The van der Waals surface area contributed by atoms with Crippen LogP contribution in [-0.2, 0) is 0 Å². The van der Waals surface area contributed by atoms with Crippen LogP contribution in [0.15, 0.2) is 42.6 Å². The first-order valence-corrected chi connectivity index (χ1v) is 5.25. The highest BCUT2D eigenvalue weighted by Crippen LogP contribution is 2.25. The van der Waals surface area contributed by atoms with Gasteiger partial charge in [0.1, 0.15) is 5.75 Å². The number of nitrogens with zero attached hydrogens (tertiary/aromatic N) is 1. The molecule has 0 amide bonds. The summed E-state index contributed by atoms with van der Waals surface area (Å²) in [6.45, 7) is 0. The van der Waals surface area contributed by atoms with Crippen molar-refractivity contribution in [1.29, 1.82) is 0 Å². The van der Waals surface area contributed by atoms with Gasteiger partial charge in [0.15, 0.2) is 6.29 Å². The number of carbonyl (C=O) groups excluding carboxylic acids is 1. The second kappa shape index (κ2) is 5.09. The standard InChI is InChI=1S/C13H8F3NO2/c14-13(15,16)19-11-4-2-10(3-5-11)12-6-1-9(8-18)7-17-12/h1-8H. The van der Waals surface area contributed by atoms with Gasteiger partial charge in [-0.1, -0.05) is 0 Å². The first-order valence-electron chi connectivity index (χ1n) is 5.25. The van der Waals surface area contributed by atoms with Gasteiger partial charge in [-0.2, -0.15) is 0 Å². The molecule has 6 heteroatoms. The van der Waals surface area contributed by atoms with Crippen LogP contribution in [0.3, 0.4) is 0 Å². The summed E-state index contributed by atoms with van der Waals surface area (Å²) >= 11 is 0. The Bertz CT molecular complexity index is 562. The van der Waals surface area contributed by atoms with Gasteiger partial charge in [0.05, 0.1) is 5.69 Å². The van der Waals surface area contributed by atoms with E-state index in [4.69, 9.17) is 0 Å². The van der Waals surface area contributed by atoms with Gasteiger partial charge in [0.2, 0.25) is 0 Å². The minimum atomic E-state index is -4.70. The van der Waals surface area contributed by atoms with Crippen molar-refractivity contribution in [3.63, 3.8) is 0 Å². The molecule has 0 radical (unpaired) electrons. The Hall–Kier alpha value is -2.37. The third-order valence-corrected chi connectivity index (χ3v) is 2.31. The summed E-state index contributed by atoms with van der Waals surface area (Å²) in [5.74, 6) is -0.291. The number of alkyl halides is 3. The minimum absolute atomic E-state index is 0.291. The largest absolute Gasteiger partial charge is 0.573 e. The molecule has 0 atom stereocenters. The lowest BCUT2D eigenvalue weighted by Crippen LogP contribution is -2.16. The topological polar surface area (TPSA) is 39.2 Å². The molecule has 0 aliphatic carbocycles. The van der Waals surface area contributed by atoms with Crippen LogP contribution < -0.4 is 4.74 Å². The van der Waals surface area contributed by atoms with E-state index in [-0.39, 0.29) is 5.75 Å². The number of ether oxygens (including phenoxy) is 1. The predicted octanol–water partition coefficient (Wildman–Crippen LogP) is 3.46. The first kappa shape index (κ1) is 13.1. The maximum Gasteiger partial charge on any atom is 0.573 e. The van der Waals surface area contributed by atoms with E-state index in [9.17, 15) is 18.0 Å². The zero-order valence-corrected chi connectivity index (χ0v) is 9.52. The number of carbonyl (C=O) groups is 1. The van der Waals surface area contributed by atoms with Gasteiger partial charge < -0.3 is 4.74 Å². The molecule has 0 spiro atoms. The molecule has 0 saturated carbocycles. The number of hydrogen-bond donors (Lipinski definition) is 0. The van der Waals surface area contributed by atoms with Gasteiger partial charge in [0, 0.05) is 17.3 Å². The zero-order valence-electron chi connectivity index (χ0n) is 9.52. The van der Waals surface area contributed by atoms with Crippen LogP contribution in [-0.4, -0.2) is 17.6 Å². The van der Waals surface area contributed by atoms with Crippen LogP contribution >= 0.6 is 0 Å². The highest BCUT2D eigenvalue weighted by atomic mass is 19.4. The smallest absolute Gasteiger partial charge is 0.406 e. The monoisotopic (exact) mass is 267 g/mol. The van der Waals surface area contributed by atoms with Crippen molar-refractivity contribution in [2.75, 3.05) is 0 Å². The maximum atomic E-state index is 12.0. The van der Waals surface area contributed by atoms with E-state index >= 15 is 0 Å². The minimum Gasteiger partial charge on any atom is -0.406 e. The summed E-state index contributed by atoms with van der Waals surface area (Å²) in [4.78, 5) is 14.5. The molecule has 0 bridgehead atoms. The average molecular weight is 267 g/mol. The average Bonchev–Trinajstić information content (AvgIpc) is 2.38. The lowest BCUT2D eigenvalue weighted by Gasteiger charge is -2.09. The summed E-state index contributed by atoms with van der Waals surface area (Å²) in [5, 5.41) is 0. The van der Waals surface area contributed by atoms with Gasteiger partial charge in [-0.15, -0.1) is 13.2 Å². The van der Waals surface area contributed by atoms with E-state index in [1.54, 1.807) is 12.1 Å². The van der Waals surface area contributed by atoms with E-state index in [1.165, 1.54) is 30.5 Å². The summed E-state index contributed by atoms with van der Waals surface area (Å²) in [6, 6.07) is 8.53. The number of aldehydes is 1. The summed E-state index contributed by atoms with van der Waals surface area (Å²) in [7, 11) is 0. The second-order valence-electron chi connectivity index (χ2n) is 3.67. The van der Waals surface area contributed by atoms with Crippen molar-refractivity contribution in [2.24, 2.45) is 0 Å². The zero-order chi connectivity index (χ0) is 13.9. The van der Waals surface area contributed by atoms with Gasteiger partial charge in [-0.05, 0) is 36.4 Å². The third-order valence-electron chi connectivity index (χ3n) is 2.31. The number of pyridine rings is 1. The van der Waals surface area contributed by atoms with E-state index in [0.29, 0.717) is 23.1 Å². The molecular weight excluding hydrogens is 259 g/mol. The van der Waals surface area contributed by atoms with E-state index in [1.807, 2.05) is 0 Å². The lowest BCUT2D eigenvalue weighted by atomic mass is 10.1. The number of aromatic nitrogens is 1. The Morgan fingerprint density at radius 3 is 2.21 bits per heavy atom. The van der Waals surface area contributed by atoms with Gasteiger partial charge in [-0.25, -0.2) is 0 Å². The van der Waals surface area contributed by atoms with Crippen LogP contribution in [0.25, 0.3) is 11.3 Å². The van der Waals surface area contributed by atoms with Crippen LogP contribution in [0, 0.1) is 0 Å². The first-order chi connectivity index (χ1) is 8.98. The van der Waals surface area contributed by atoms with Crippen LogP contribution in [0.1, 0.15) is 10.4 Å². The summed E-state index contributed by atoms with van der Waals surface area (Å²) < 4.78 is 39.7. The molecule has 98 valence electrons. The molecule has 1 aromatic carbocycles. The Balaban J connectivity index is 2.19. The van der Waals surface area contributed by atoms with Gasteiger partial charge in [-0.3, -0.25) is 9.78 Å². The number of benzene rings is 1. The molecular formula is C13H8F3NO2. The van der Waals surface area contributed by atoms with Crippen LogP contribution in [0.2, 0.25) is 0 Å². The van der Waals surface area contributed by atoms with Crippen LogP contribution in [0.5, 0.6) is 5.75 Å². The fourth-order valence-corrected chi connectivity index (χ4v) is 1.47. The van der Waals surface area contributed by atoms with Crippen molar-refractivity contribution in [3.8, 4) is 17.0 Å².